The van der Waals surface area contributed by atoms with Crippen molar-refractivity contribution in [2.75, 3.05) is 0 Å². The van der Waals surface area contributed by atoms with Crippen LogP contribution >= 0.6 is 0 Å². The van der Waals surface area contributed by atoms with E-state index in [-0.39, 0.29) is 6.04 Å². The molecule has 1 heterocycles. The van der Waals surface area contributed by atoms with Crippen LogP contribution in [-0.4, -0.2) is 0 Å². The van der Waals surface area contributed by atoms with Crippen LogP contribution in [0.5, 0.6) is 0 Å². The fourth-order valence-electron chi connectivity index (χ4n) is 2.43. The summed E-state index contributed by atoms with van der Waals surface area (Å²) in [6.07, 6.45) is 5.85. The first kappa shape index (κ1) is 10.5. The lowest BCUT2D eigenvalue weighted by Gasteiger charge is -2.13. The number of rotatable bonds is 2. The van der Waals surface area contributed by atoms with E-state index >= 15 is 0 Å². The van der Waals surface area contributed by atoms with Crippen LogP contribution in [0.1, 0.15) is 48.0 Å². The Morgan fingerprint density at radius 3 is 2.47 bits per heavy atom. The van der Waals surface area contributed by atoms with Gasteiger partial charge in [0.2, 0.25) is 0 Å². The second-order valence-corrected chi connectivity index (χ2v) is 4.40. The molecule has 82 valence electrons. The molecule has 0 bridgehead atoms. The van der Waals surface area contributed by atoms with Crippen LogP contribution in [0.3, 0.4) is 0 Å². The van der Waals surface area contributed by atoms with Crippen molar-refractivity contribution in [3.63, 3.8) is 0 Å². The highest BCUT2D eigenvalue weighted by atomic mass is 16.3. The van der Waals surface area contributed by atoms with E-state index in [0.29, 0.717) is 0 Å². The molecule has 2 rings (SSSR count). The number of furan rings is 1. The molecule has 0 radical (unpaired) electrons. The van der Waals surface area contributed by atoms with Gasteiger partial charge in [0.05, 0.1) is 6.04 Å². The van der Waals surface area contributed by atoms with Gasteiger partial charge in [-0.2, -0.15) is 0 Å². The van der Waals surface area contributed by atoms with E-state index in [4.69, 9.17) is 10.2 Å². The molecule has 0 saturated carbocycles. The summed E-state index contributed by atoms with van der Waals surface area (Å²) in [6, 6.07) is 0.0462. The largest absolute Gasteiger partial charge is 0.466 e. The van der Waals surface area contributed by atoms with Gasteiger partial charge in [0.1, 0.15) is 11.5 Å². The highest BCUT2D eigenvalue weighted by molar-refractivity contribution is 5.39. The van der Waals surface area contributed by atoms with Gasteiger partial charge in [-0.25, -0.2) is 0 Å². The van der Waals surface area contributed by atoms with Gasteiger partial charge in [0.25, 0.3) is 0 Å². The predicted molar refractivity (Wildman–Crippen MR) is 61.8 cm³/mol. The summed E-state index contributed by atoms with van der Waals surface area (Å²) in [4.78, 5) is 0. The standard InChI is InChI=1S/C13H19NO/c1-8-9(2)15-10(3)12(8)13(14)11-6-4-5-7-11/h6,13H,4-5,7,14H2,1-3H3. The molecule has 1 aromatic rings. The number of aryl methyl sites for hydroxylation is 2. The molecule has 0 aromatic carbocycles. The molecular formula is C13H19NO. The summed E-state index contributed by atoms with van der Waals surface area (Å²) >= 11 is 0. The number of allylic oxidation sites excluding steroid dienone is 1. The molecular weight excluding hydrogens is 186 g/mol. The molecule has 0 fully saturated rings. The molecule has 2 N–H and O–H groups in total. The van der Waals surface area contributed by atoms with Crippen molar-refractivity contribution in [2.24, 2.45) is 5.73 Å². The van der Waals surface area contributed by atoms with E-state index in [9.17, 15) is 0 Å². The van der Waals surface area contributed by atoms with Gasteiger partial charge in [0, 0.05) is 5.56 Å². The zero-order chi connectivity index (χ0) is 11.0. The van der Waals surface area contributed by atoms with E-state index in [0.717, 1.165) is 17.9 Å². The number of hydrogen-bond acceptors (Lipinski definition) is 2. The minimum atomic E-state index is 0.0462. The Hall–Kier alpha value is -1.02. The van der Waals surface area contributed by atoms with Crippen molar-refractivity contribution < 1.29 is 4.42 Å². The normalized spacial score (nSPS) is 18.0. The van der Waals surface area contributed by atoms with E-state index in [1.165, 1.54) is 29.5 Å². The van der Waals surface area contributed by atoms with Gasteiger partial charge < -0.3 is 10.2 Å². The van der Waals surface area contributed by atoms with Gasteiger partial charge in [-0.15, -0.1) is 0 Å². The Kier molecular flexibility index (Phi) is 2.70. The molecule has 0 saturated heterocycles. The molecule has 2 nitrogen and oxygen atoms in total. The van der Waals surface area contributed by atoms with Gasteiger partial charge in [-0.1, -0.05) is 11.6 Å². The molecule has 1 aliphatic rings. The lowest BCUT2D eigenvalue weighted by atomic mass is 9.96. The second-order valence-electron chi connectivity index (χ2n) is 4.40. The summed E-state index contributed by atoms with van der Waals surface area (Å²) < 4.78 is 5.62. The average Bonchev–Trinajstić information content (AvgIpc) is 2.76. The molecule has 1 atom stereocenters. The first-order valence-electron chi connectivity index (χ1n) is 5.62. The van der Waals surface area contributed by atoms with Crippen LogP contribution in [0.4, 0.5) is 0 Å². The third-order valence-electron chi connectivity index (χ3n) is 3.40. The maximum atomic E-state index is 6.29. The van der Waals surface area contributed by atoms with Crippen LogP contribution in [0.2, 0.25) is 0 Å². The topological polar surface area (TPSA) is 39.2 Å². The summed E-state index contributed by atoms with van der Waals surface area (Å²) in [5.41, 5.74) is 10.1. The lowest BCUT2D eigenvalue weighted by Crippen LogP contribution is -2.13. The summed E-state index contributed by atoms with van der Waals surface area (Å²) in [7, 11) is 0. The third kappa shape index (κ3) is 1.74. The number of hydrogen-bond donors (Lipinski definition) is 1. The Bertz CT molecular complexity index is 401. The van der Waals surface area contributed by atoms with E-state index < -0.39 is 0 Å². The van der Waals surface area contributed by atoms with Crippen molar-refractivity contribution in [2.45, 2.75) is 46.1 Å². The average molecular weight is 205 g/mol. The van der Waals surface area contributed by atoms with Crippen LogP contribution in [0, 0.1) is 20.8 Å². The predicted octanol–water partition coefficient (Wildman–Crippen LogP) is 3.31. The highest BCUT2D eigenvalue weighted by Gasteiger charge is 2.22. The summed E-state index contributed by atoms with van der Waals surface area (Å²) in [5.74, 6) is 1.97. The first-order chi connectivity index (χ1) is 7.11. The van der Waals surface area contributed by atoms with Gasteiger partial charge in [-0.3, -0.25) is 0 Å². The van der Waals surface area contributed by atoms with Crippen LogP contribution in [-0.2, 0) is 0 Å². The maximum absolute atomic E-state index is 6.29. The number of nitrogens with two attached hydrogens (primary N) is 1. The molecule has 1 aromatic heterocycles. The quantitative estimate of drug-likeness (QED) is 0.752. The fourth-order valence-corrected chi connectivity index (χ4v) is 2.43. The molecule has 1 unspecified atom stereocenters. The van der Waals surface area contributed by atoms with Crippen LogP contribution in [0.15, 0.2) is 16.1 Å². The van der Waals surface area contributed by atoms with Crippen molar-refractivity contribution >= 4 is 0 Å². The molecule has 0 spiro atoms. The van der Waals surface area contributed by atoms with Crippen molar-refractivity contribution in [1.29, 1.82) is 0 Å². The highest BCUT2D eigenvalue weighted by Crippen LogP contribution is 2.34. The minimum absolute atomic E-state index is 0.0462. The maximum Gasteiger partial charge on any atom is 0.106 e. The molecule has 0 amide bonds. The van der Waals surface area contributed by atoms with Gasteiger partial charge in [0.15, 0.2) is 0 Å². The van der Waals surface area contributed by atoms with Gasteiger partial charge in [-0.05, 0) is 45.6 Å². The summed E-state index contributed by atoms with van der Waals surface area (Å²) in [5, 5.41) is 0. The van der Waals surface area contributed by atoms with Gasteiger partial charge >= 0.3 is 0 Å². The fraction of sp³-hybridized carbons (Fsp3) is 0.538. The Balaban J connectivity index is 2.36. The zero-order valence-corrected chi connectivity index (χ0v) is 9.76. The molecule has 2 heteroatoms. The smallest absolute Gasteiger partial charge is 0.106 e. The minimum Gasteiger partial charge on any atom is -0.466 e. The molecule has 0 aliphatic heterocycles. The van der Waals surface area contributed by atoms with E-state index in [2.05, 4.69) is 13.0 Å². The van der Waals surface area contributed by atoms with Crippen molar-refractivity contribution in [1.82, 2.24) is 0 Å². The SMILES string of the molecule is Cc1oc(C)c(C(N)C2=CCCC2)c1C. The molecule has 15 heavy (non-hydrogen) atoms. The Morgan fingerprint density at radius 1 is 1.27 bits per heavy atom. The van der Waals surface area contributed by atoms with E-state index in [1.54, 1.807) is 0 Å². The van der Waals surface area contributed by atoms with Crippen LogP contribution < -0.4 is 5.73 Å². The van der Waals surface area contributed by atoms with E-state index in [1.807, 2.05) is 13.8 Å². The van der Waals surface area contributed by atoms with Crippen LogP contribution in [0.25, 0.3) is 0 Å². The lowest BCUT2D eigenvalue weighted by molar-refractivity contribution is 0.498. The second kappa shape index (κ2) is 3.86. The zero-order valence-electron chi connectivity index (χ0n) is 9.76. The summed E-state index contributed by atoms with van der Waals surface area (Å²) in [6.45, 7) is 6.10. The molecule has 1 aliphatic carbocycles. The van der Waals surface area contributed by atoms with Crippen molar-refractivity contribution in [3.8, 4) is 0 Å². The first-order valence-corrected chi connectivity index (χ1v) is 5.62. The Morgan fingerprint density at radius 2 is 2.00 bits per heavy atom. The Labute approximate surface area is 91.2 Å². The monoisotopic (exact) mass is 205 g/mol. The third-order valence-corrected chi connectivity index (χ3v) is 3.40. The van der Waals surface area contributed by atoms with Crippen molar-refractivity contribution in [3.05, 3.63) is 34.3 Å².